The van der Waals surface area contributed by atoms with E-state index in [1.807, 2.05) is 25.1 Å². The largest absolute Gasteiger partial charge is 0.481 e. The zero-order valence-corrected chi connectivity index (χ0v) is 10.4. The molecule has 0 amide bonds. The second kappa shape index (κ2) is 4.25. The molecule has 1 aromatic carbocycles. The Bertz CT molecular complexity index is 548. The monoisotopic (exact) mass is 282 g/mol. The molecule has 0 radical (unpaired) electrons. The van der Waals surface area contributed by atoms with Crippen LogP contribution in [-0.4, -0.2) is 20.9 Å². The number of carboxylic acids is 1. The highest BCUT2D eigenvalue weighted by atomic mass is 79.9. The van der Waals surface area contributed by atoms with E-state index >= 15 is 0 Å². The molecule has 84 valence electrons. The quantitative estimate of drug-likeness (QED) is 0.941. The third-order valence-corrected chi connectivity index (χ3v) is 3.09. The Hall–Kier alpha value is -1.36. The lowest BCUT2D eigenvalue weighted by Gasteiger charge is -2.01. The first-order valence-electron chi connectivity index (χ1n) is 4.99. The number of benzene rings is 1. The Balaban J connectivity index is 2.68. The maximum Gasteiger partial charge on any atom is 0.309 e. The minimum atomic E-state index is -0.837. The van der Waals surface area contributed by atoms with Gasteiger partial charge in [0.15, 0.2) is 0 Å². The van der Waals surface area contributed by atoms with Crippen molar-refractivity contribution in [2.45, 2.75) is 19.9 Å². The van der Waals surface area contributed by atoms with Crippen LogP contribution in [0.2, 0.25) is 0 Å². The first kappa shape index (κ1) is 11.1. The second-order valence-electron chi connectivity index (χ2n) is 3.47. The van der Waals surface area contributed by atoms with Gasteiger partial charge in [-0.2, -0.15) is 5.10 Å². The number of aryl methyl sites for hydroxylation is 1. The average Bonchev–Trinajstić information content (AvgIpc) is 2.58. The lowest BCUT2D eigenvalue weighted by atomic mass is 10.1. The summed E-state index contributed by atoms with van der Waals surface area (Å²) in [7, 11) is 0. The summed E-state index contributed by atoms with van der Waals surface area (Å²) in [4.78, 5) is 10.8. The predicted octanol–water partition coefficient (Wildman–Crippen LogP) is 2.45. The van der Waals surface area contributed by atoms with E-state index in [-0.39, 0.29) is 6.42 Å². The van der Waals surface area contributed by atoms with E-state index in [4.69, 9.17) is 5.11 Å². The molecule has 0 aliphatic carbocycles. The SMILES string of the molecule is CCn1nc2c(Br)cccc2c1CC(=O)O. The molecule has 0 saturated heterocycles. The average molecular weight is 283 g/mol. The topological polar surface area (TPSA) is 55.1 Å². The Morgan fingerprint density at radius 1 is 1.56 bits per heavy atom. The molecule has 0 bridgehead atoms. The van der Waals surface area contributed by atoms with E-state index in [1.165, 1.54) is 0 Å². The summed E-state index contributed by atoms with van der Waals surface area (Å²) in [6, 6.07) is 5.69. The van der Waals surface area contributed by atoms with Gasteiger partial charge in [0.1, 0.15) is 5.52 Å². The zero-order valence-electron chi connectivity index (χ0n) is 8.77. The molecule has 2 rings (SSSR count). The van der Waals surface area contributed by atoms with E-state index in [0.717, 1.165) is 21.1 Å². The van der Waals surface area contributed by atoms with Gasteiger partial charge in [0.05, 0.1) is 12.1 Å². The summed E-state index contributed by atoms with van der Waals surface area (Å²) < 4.78 is 2.63. The zero-order chi connectivity index (χ0) is 11.7. The van der Waals surface area contributed by atoms with E-state index in [1.54, 1.807) is 4.68 Å². The molecule has 0 spiro atoms. The van der Waals surface area contributed by atoms with Crippen molar-refractivity contribution >= 4 is 32.8 Å². The lowest BCUT2D eigenvalue weighted by molar-refractivity contribution is -0.136. The second-order valence-corrected chi connectivity index (χ2v) is 4.32. The summed E-state index contributed by atoms with van der Waals surface area (Å²) in [5.41, 5.74) is 1.58. The molecular weight excluding hydrogens is 272 g/mol. The van der Waals surface area contributed by atoms with Crippen LogP contribution in [0, 0.1) is 0 Å². The highest BCUT2D eigenvalue weighted by molar-refractivity contribution is 9.10. The van der Waals surface area contributed by atoms with Crippen molar-refractivity contribution in [1.29, 1.82) is 0 Å². The molecule has 5 heteroatoms. The molecule has 0 aliphatic heterocycles. The standard InChI is InChI=1S/C11H11BrN2O2/c1-2-14-9(6-10(15)16)7-4-3-5-8(12)11(7)13-14/h3-5H,2,6H2,1H3,(H,15,16). The molecule has 0 unspecified atom stereocenters. The summed E-state index contributed by atoms with van der Waals surface area (Å²) >= 11 is 3.42. The number of rotatable bonds is 3. The van der Waals surface area contributed by atoms with Crippen molar-refractivity contribution < 1.29 is 9.90 Å². The molecule has 16 heavy (non-hydrogen) atoms. The number of fused-ring (bicyclic) bond motifs is 1. The summed E-state index contributed by atoms with van der Waals surface area (Å²) in [6.45, 7) is 2.62. The maximum atomic E-state index is 10.8. The van der Waals surface area contributed by atoms with Crippen LogP contribution >= 0.6 is 15.9 Å². The molecule has 0 atom stereocenters. The molecular formula is C11H11BrN2O2. The summed E-state index contributed by atoms with van der Waals surface area (Å²) in [5, 5.41) is 14.2. The van der Waals surface area contributed by atoms with Crippen molar-refractivity contribution in [1.82, 2.24) is 9.78 Å². The Kier molecular flexibility index (Phi) is 2.96. The van der Waals surface area contributed by atoms with Crippen LogP contribution in [-0.2, 0) is 17.8 Å². The smallest absolute Gasteiger partial charge is 0.309 e. The number of aliphatic carboxylic acids is 1. The molecule has 0 aliphatic rings. The van der Waals surface area contributed by atoms with Crippen molar-refractivity contribution in [2.24, 2.45) is 0 Å². The molecule has 1 N–H and O–H groups in total. The third-order valence-electron chi connectivity index (χ3n) is 2.45. The number of hydrogen-bond acceptors (Lipinski definition) is 2. The van der Waals surface area contributed by atoms with E-state index < -0.39 is 5.97 Å². The number of hydrogen-bond donors (Lipinski definition) is 1. The number of nitrogens with zero attached hydrogens (tertiary/aromatic N) is 2. The van der Waals surface area contributed by atoms with Gasteiger partial charge in [-0.3, -0.25) is 9.48 Å². The first-order chi connectivity index (χ1) is 7.63. The first-order valence-corrected chi connectivity index (χ1v) is 5.78. The number of aromatic nitrogens is 2. The van der Waals surface area contributed by atoms with Crippen LogP contribution < -0.4 is 0 Å². The normalized spacial score (nSPS) is 10.9. The Morgan fingerprint density at radius 2 is 2.31 bits per heavy atom. The molecule has 4 nitrogen and oxygen atoms in total. The minimum Gasteiger partial charge on any atom is -0.481 e. The van der Waals surface area contributed by atoms with Crippen molar-refractivity contribution in [3.63, 3.8) is 0 Å². The molecule has 1 aromatic heterocycles. The van der Waals surface area contributed by atoms with Crippen molar-refractivity contribution in [2.75, 3.05) is 0 Å². The van der Waals surface area contributed by atoms with Crippen LogP contribution in [0.25, 0.3) is 10.9 Å². The summed E-state index contributed by atoms with van der Waals surface area (Å²) in [6.07, 6.45) is 0.000787. The number of halogens is 1. The van der Waals surface area contributed by atoms with Gasteiger partial charge in [-0.15, -0.1) is 0 Å². The van der Waals surface area contributed by atoms with E-state index in [2.05, 4.69) is 21.0 Å². The van der Waals surface area contributed by atoms with Crippen LogP contribution in [0.4, 0.5) is 0 Å². The minimum absolute atomic E-state index is 0.000787. The predicted molar refractivity (Wildman–Crippen MR) is 64.4 cm³/mol. The summed E-state index contributed by atoms with van der Waals surface area (Å²) in [5.74, 6) is -0.837. The molecule has 1 heterocycles. The highest BCUT2D eigenvalue weighted by Gasteiger charge is 2.14. The maximum absolute atomic E-state index is 10.8. The van der Waals surface area contributed by atoms with Gasteiger partial charge >= 0.3 is 5.97 Å². The van der Waals surface area contributed by atoms with Crippen molar-refractivity contribution in [3.05, 3.63) is 28.4 Å². The molecule has 0 saturated carbocycles. The number of carbonyl (C=O) groups is 1. The van der Waals surface area contributed by atoms with Crippen LogP contribution in [0.1, 0.15) is 12.6 Å². The van der Waals surface area contributed by atoms with Crippen LogP contribution in [0.3, 0.4) is 0 Å². The van der Waals surface area contributed by atoms with Gasteiger partial charge in [0.25, 0.3) is 0 Å². The van der Waals surface area contributed by atoms with Gasteiger partial charge in [-0.25, -0.2) is 0 Å². The fraction of sp³-hybridized carbons (Fsp3) is 0.273. The fourth-order valence-electron chi connectivity index (χ4n) is 1.76. The Morgan fingerprint density at radius 3 is 2.94 bits per heavy atom. The molecule has 0 fully saturated rings. The van der Waals surface area contributed by atoms with Crippen LogP contribution in [0.15, 0.2) is 22.7 Å². The van der Waals surface area contributed by atoms with Gasteiger partial charge in [0.2, 0.25) is 0 Å². The van der Waals surface area contributed by atoms with Crippen molar-refractivity contribution in [3.8, 4) is 0 Å². The van der Waals surface area contributed by atoms with Gasteiger partial charge < -0.3 is 5.11 Å². The van der Waals surface area contributed by atoms with E-state index in [0.29, 0.717) is 6.54 Å². The van der Waals surface area contributed by atoms with Gasteiger partial charge in [-0.05, 0) is 28.9 Å². The fourth-order valence-corrected chi connectivity index (χ4v) is 2.21. The Labute approximate surface area is 101 Å². The third kappa shape index (κ3) is 1.82. The van der Waals surface area contributed by atoms with Gasteiger partial charge in [-0.1, -0.05) is 12.1 Å². The lowest BCUT2D eigenvalue weighted by Crippen LogP contribution is -2.08. The van der Waals surface area contributed by atoms with Gasteiger partial charge in [0, 0.05) is 16.4 Å². The van der Waals surface area contributed by atoms with E-state index in [9.17, 15) is 4.79 Å². The molecule has 2 aromatic rings. The highest BCUT2D eigenvalue weighted by Crippen LogP contribution is 2.26. The van der Waals surface area contributed by atoms with Crippen LogP contribution in [0.5, 0.6) is 0 Å². The number of carboxylic acid groups (broad SMARTS) is 1.